The van der Waals surface area contributed by atoms with Gasteiger partial charge in [-0.05, 0) is 25.2 Å². The van der Waals surface area contributed by atoms with E-state index in [2.05, 4.69) is 9.71 Å². The largest absolute Gasteiger partial charge is 0.251 e. The van der Waals surface area contributed by atoms with Crippen LogP contribution in [0.1, 0.15) is 30.7 Å². The maximum absolute atomic E-state index is 12.1. The fourth-order valence-electron chi connectivity index (χ4n) is 2.27. The number of thiazole rings is 1. The Bertz CT molecular complexity index is 507. The van der Waals surface area contributed by atoms with Crippen LogP contribution in [-0.4, -0.2) is 25.8 Å². The lowest BCUT2D eigenvalue weighted by atomic mass is 9.89. The number of rotatable bonds is 5. The average Bonchev–Trinajstić information content (AvgIpc) is 2.96. The number of hydrogen-bond donors (Lipinski definition) is 1. The molecule has 1 saturated carbocycles. The fraction of sp³-hybridized carbons (Fsp3) is 0.727. The molecule has 7 heteroatoms. The van der Waals surface area contributed by atoms with Crippen molar-refractivity contribution >= 4 is 33.0 Å². The molecule has 0 spiro atoms. The lowest BCUT2D eigenvalue weighted by Crippen LogP contribution is -2.36. The van der Waals surface area contributed by atoms with Gasteiger partial charge in [0.1, 0.15) is 0 Å². The number of nitrogens with zero attached hydrogens (tertiary/aromatic N) is 1. The average molecular weight is 309 g/mol. The van der Waals surface area contributed by atoms with Crippen molar-refractivity contribution < 1.29 is 8.42 Å². The summed E-state index contributed by atoms with van der Waals surface area (Å²) in [4.78, 5) is 3.97. The third kappa shape index (κ3) is 3.04. The Labute approximate surface area is 117 Å². The lowest BCUT2D eigenvalue weighted by Gasteiger charge is -2.26. The first-order valence-electron chi connectivity index (χ1n) is 5.96. The number of halogens is 1. The highest BCUT2D eigenvalue weighted by Gasteiger charge is 2.34. The van der Waals surface area contributed by atoms with E-state index in [9.17, 15) is 8.42 Å². The number of sulfonamides is 1. The second kappa shape index (κ2) is 5.45. The van der Waals surface area contributed by atoms with Crippen molar-refractivity contribution in [3.63, 3.8) is 0 Å². The molecule has 1 aromatic heterocycles. The van der Waals surface area contributed by atoms with Crippen LogP contribution in [0, 0.1) is 12.3 Å². The molecule has 0 radical (unpaired) electrons. The third-order valence-corrected chi connectivity index (χ3v) is 6.79. The van der Waals surface area contributed by atoms with Gasteiger partial charge < -0.3 is 0 Å². The van der Waals surface area contributed by atoms with Gasteiger partial charge in [-0.25, -0.2) is 18.1 Å². The molecule has 0 saturated heterocycles. The van der Waals surface area contributed by atoms with E-state index in [-0.39, 0.29) is 9.62 Å². The van der Waals surface area contributed by atoms with Crippen LogP contribution in [0.4, 0.5) is 0 Å². The number of aromatic nitrogens is 1. The Kier molecular flexibility index (Phi) is 4.31. The van der Waals surface area contributed by atoms with Crippen LogP contribution in [0.5, 0.6) is 0 Å². The van der Waals surface area contributed by atoms with Crippen molar-refractivity contribution in [2.45, 2.75) is 36.8 Å². The fourth-order valence-corrected chi connectivity index (χ4v) is 4.94. The van der Waals surface area contributed by atoms with Gasteiger partial charge in [0.25, 0.3) is 10.0 Å². The van der Waals surface area contributed by atoms with Gasteiger partial charge in [-0.1, -0.05) is 12.8 Å². The summed E-state index contributed by atoms with van der Waals surface area (Å²) < 4.78 is 27.1. The maximum atomic E-state index is 12.1. The molecule has 1 N–H and O–H groups in total. The van der Waals surface area contributed by atoms with Crippen molar-refractivity contribution in [2.24, 2.45) is 5.41 Å². The van der Waals surface area contributed by atoms with E-state index in [1.54, 1.807) is 6.92 Å². The van der Waals surface area contributed by atoms with Crippen molar-refractivity contribution in [3.05, 3.63) is 11.2 Å². The van der Waals surface area contributed by atoms with Gasteiger partial charge in [0.2, 0.25) is 0 Å². The molecule has 1 fully saturated rings. The monoisotopic (exact) mass is 308 g/mol. The summed E-state index contributed by atoms with van der Waals surface area (Å²) in [6.07, 6.45) is 5.67. The van der Waals surface area contributed by atoms with Crippen molar-refractivity contribution in [1.29, 1.82) is 0 Å². The Hall–Kier alpha value is -0.170. The SMILES string of the molecule is Cc1ncc(S(=O)(=O)NCC2(CCl)CCCC2)s1. The molecule has 1 aromatic rings. The van der Waals surface area contributed by atoms with Crippen LogP contribution < -0.4 is 4.72 Å². The van der Waals surface area contributed by atoms with Gasteiger partial charge >= 0.3 is 0 Å². The van der Waals surface area contributed by atoms with Crippen LogP contribution >= 0.6 is 22.9 Å². The summed E-state index contributed by atoms with van der Waals surface area (Å²) in [5.74, 6) is 0.511. The highest BCUT2D eigenvalue weighted by molar-refractivity contribution is 7.91. The Balaban J connectivity index is 2.05. The lowest BCUT2D eigenvalue weighted by molar-refractivity contribution is 0.342. The molecule has 4 nitrogen and oxygen atoms in total. The summed E-state index contributed by atoms with van der Waals surface area (Å²) >= 11 is 7.19. The molecule has 0 amide bonds. The smallest absolute Gasteiger partial charge is 0.249 e. The first-order valence-corrected chi connectivity index (χ1v) is 8.79. The summed E-state index contributed by atoms with van der Waals surface area (Å²) in [6.45, 7) is 2.22. The Morgan fingerprint density at radius 1 is 1.50 bits per heavy atom. The minimum atomic E-state index is -3.43. The Morgan fingerprint density at radius 2 is 2.17 bits per heavy atom. The van der Waals surface area contributed by atoms with E-state index < -0.39 is 10.0 Å². The van der Waals surface area contributed by atoms with Crippen LogP contribution in [0.2, 0.25) is 0 Å². The maximum Gasteiger partial charge on any atom is 0.251 e. The van der Waals surface area contributed by atoms with Gasteiger partial charge in [-0.3, -0.25) is 0 Å². The van der Waals surface area contributed by atoms with Gasteiger partial charge in [0.05, 0.1) is 11.2 Å². The number of hydrogen-bond acceptors (Lipinski definition) is 4. The van der Waals surface area contributed by atoms with Crippen LogP contribution in [0.25, 0.3) is 0 Å². The van der Waals surface area contributed by atoms with Crippen LogP contribution in [0.3, 0.4) is 0 Å². The van der Waals surface area contributed by atoms with Crippen molar-refractivity contribution in [3.8, 4) is 0 Å². The quantitative estimate of drug-likeness (QED) is 0.850. The van der Waals surface area contributed by atoms with Crippen LogP contribution in [-0.2, 0) is 10.0 Å². The second-order valence-corrected chi connectivity index (χ2v) is 8.36. The predicted octanol–water partition coefficient (Wildman–Crippen LogP) is 2.53. The zero-order valence-corrected chi connectivity index (χ0v) is 12.7. The Morgan fingerprint density at radius 3 is 2.67 bits per heavy atom. The molecule has 0 atom stereocenters. The van der Waals surface area contributed by atoms with Gasteiger partial charge in [-0.2, -0.15) is 0 Å². The topological polar surface area (TPSA) is 59.1 Å². The molecular formula is C11H17ClN2O2S2. The van der Waals surface area contributed by atoms with E-state index in [1.165, 1.54) is 17.5 Å². The molecule has 1 aliphatic rings. The molecule has 0 aliphatic heterocycles. The standard InChI is InChI=1S/C11H17ClN2O2S2/c1-9-13-6-10(17-9)18(15,16)14-8-11(7-12)4-2-3-5-11/h6,14H,2-5,7-8H2,1H3. The van der Waals surface area contributed by atoms with Crippen molar-refractivity contribution in [2.75, 3.05) is 12.4 Å². The molecule has 0 aromatic carbocycles. The molecule has 18 heavy (non-hydrogen) atoms. The zero-order chi connectivity index (χ0) is 13.2. The number of alkyl halides is 1. The van der Waals surface area contributed by atoms with Crippen molar-refractivity contribution in [1.82, 2.24) is 9.71 Å². The summed E-state index contributed by atoms with van der Waals surface area (Å²) in [7, 11) is -3.43. The zero-order valence-electron chi connectivity index (χ0n) is 10.3. The molecule has 2 rings (SSSR count). The van der Waals surface area contributed by atoms with Gasteiger partial charge in [0, 0.05) is 12.4 Å². The van der Waals surface area contributed by atoms with E-state index in [0.29, 0.717) is 12.4 Å². The van der Waals surface area contributed by atoms with Gasteiger partial charge in [0.15, 0.2) is 4.21 Å². The molecule has 0 bridgehead atoms. The first kappa shape index (κ1) is 14.2. The van der Waals surface area contributed by atoms with E-state index in [4.69, 9.17) is 11.6 Å². The van der Waals surface area contributed by atoms with Gasteiger partial charge in [-0.15, -0.1) is 22.9 Å². The molecule has 102 valence electrons. The van der Waals surface area contributed by atoms with Crippen LogP contribution in [0.15, 0.2) is 10.4 Å². The second-order valence-electron chi connectivity index (χ2n) is 4.86. The van der Waals surface area contributed by atoms with E-state index >= 15 is 0 Å². The first-order chi connectivity index (χ1) is 8.47. The van der Waals surface area contributed by atoms with E-state index in [1.807, 2.05) is 0 Å². The third-order valence-electron chi connectivity index (χ3n) is 3.45. The number of aryl methyl sites for hydroxylation is 1. The normalized spacial score (nSPS) is 19.2. The highest BCUT2D eigenvalue weighted by atomic mass is 35.5. The summed E-state index contributed by atoms with van der Waals surface area (Å²) in [6, 6.07) is 0. The minimum absolute atomic E-state index is 0.0612. The highest BCUT2D eigenvalue weighted by Crippen LogP contribution is 2.38. The molecule has 1 aliphatic carbocycles. The molecule has 0 unspecified atom stereocenters. The van der Waals surface area contributed by atoms with E-state index in [0.717, 1.165) is 30.7 Å². The molecule has 1 heterocycles. The predicted molar refractivity (Wildman–Crippen MR) is 73.7 cm³/mol. The summed E-state index contributed by atoms with van der Waals surface area (Å²) in [5.41, 5.74) is -0.0612. The minimum Gasteiger partial charge on any atom is -0.249 e. The molecular weight excluding hydrogens is 292 g/mol. The number of nitrogens with one attached hydrogen (secondary N) is 1. The summed E-state index contributed by atoms with van der Waals surface area (Å²) in [5, 5.41) is 0.753.